The van der Waals surface area contributed by atoms with Crippen molar-refractivity contribution >= 4 is 20.2 Å². The number of rotatable bonds is 5. The highest BCUT2D eigenvalue weighted by Gasteiger charge is 2.60. The van der Waals surface area contributed by atoms with Crippen LogP contribution in [0.2, 0.25) is 0 Å². The summed E-state index contributed by atoms with van der Waals surface area (Å²) in [7, 11) is -9.83. The van der Waals surface area contributed by atoms with Crippen molar-refractivity contribution in [1.29, 1.82) is 0 Å². The molecule has 0 spiro atoms. The van der Waals surface area contributed by atoms with Crippen LogP contribution in [0.5, 0.6) is 0 Å². The molecule has 95 heavy (non-hydrogen) atoms. The summed E-state index contributed by atoms with van der Waals surface area (Å²) in [5.74, 6) is -1.65. The van der Waals surface area contributed by atoms with Gasteiger partial charge in [0.05, 0.1) is 74.4 Å². The highest BCUT2D eigenvalue weighted by molar-refractivity contribution is 7.87. The fourth-order valence-corrected chi connectivity index (χ4v) is 14.8. The van der Waals surface area contributed by atoms with Gasteiger partial charge >= 0.3 is 0 Å². The largest absolute Gasteiger partial charge is 0.394 e. The first kappa shape index (κ1) is 73.2. The number of hydrogen-bond acceptors (Lipinski definition) is 38. The molecule has 0 saturated carbocycles. The van der Waals surface area contributed by atoms with E-state index in [-0.39, 0.29) is 0 Å². The van der Waals surface area contributed by atoms with Crippen LogP contribution in [0.4, 0.5) is 0 Å². The molecule has 2 aromatic rings. The third-order valence-corrected chi connectivity index (χ3v) is 21.0. The molecule has 15 fully saturated rings. The summed E-state index contributed by atoms with van der Waals surface area (Å²) in [6.07, 6.45) is -72.4. The zero-order chi connectivity index (χ0) is 68.4. The SMILES string of the molecule is O=S1(=O)OC[C@@H]2O[C@@H]3O[C@H]4C(O)C(O)[C@H](O[C@H]4CO)O[C@H]4C(O)C(O)[C@H](O[C@H]4CO)O[C@H]4C(O)C(O)[C@H](O[C@H]4COS(=O)(=O)c4ccc(cc4)-c4ccc1cc4)O[C@H]1C(O)C(O)[C@H](O[C@H]1CO)O[C@H]1C(O)C(O)[C@H](O[C@H]1CO)O[C@H]1C(O)C(O)[C@@H](C[C@H]2C(O)C3O)O[C@H]1CO. The van der Waals surface area contributed by atoms with Crippen molar-refractivity contribution in [1.82, 2.24) is 0 Å². The highest BCUT2D eigenvalue weighted by Crippen LogP contribution is 2.41. The van der Waals surface area contributed by atoms with E-state index in [1.54, 1.807) is 0 Å². The Hall–Kier alpha value is -3.02. The molecule has 29 aliphatic rings. The molecule has 0 aliphatic carbocycles. The van der Waals surface area contributed by atoms with Gasteiger partial charge in [0, 0.05) is 5.92 Å². The molecule has 538 valence electrons. The molecule has 35 atom stereocenters. The number of benzene rings is 2. The van der Waals surface area contributed by atoms with E-state index in [1.165, 1.54) is 24.3 Å². The minimum absolute atomic E-state index is 0.295. The molecule has 0 amide bonds. The Morgan fingerprint density at radius 1 is 0.284 bits per heavy atom. The predicted octanol–water partition coefficient (Wildman–Crippen LogP) is -11.8. The number of aliphatic hydroxyl groups excluding tert-OH is 19. The molecule has 2 aromatic carbocycles. The van der Waals surface area contributed by atoms with E-state index in [1.807, 2.05) is 0 Å². The molecule has 0 aromatic heterocycles. The maximum atomic E-state index is 14.1. The van der Waals surface area contributed by atoms with Gasteiger partial charge in [-0.15, -0.1) is 0 Å². The summed E-state index contributed by atoms with van der Waals surface area (Å²) in [6.45, 7) is -7.86. The van der Waals surface area contributed by atoms with E-state index in [2.05, 4.69) is 0 Å². The minimum atomic E-state index is -4.94. The van der Waals surface area contributed by atoms with Crippen molar-refractivity contribution in [2.24, 2.45) is 5.92 Å². The second-order valence-corrected chi connectivity index (χ2v) is 27.5. The van der Waals surface area contributed by atoms with Crippen LogP contribution in [-0.2, 0) is 90.2 Å². The Balaban J connectivity index is 1.00. The molecule has 0 radical (unpaired) electrons. The molecule has 38 nitrogen and oxygen atoms in total. The lowest BCUT2D eigenvalue weighted by atomic mass is 9.81. The van der Waals surface area contributed by atoms with Gasteiger partial charge in [-0.25, -0.2) is 0 Å². The van der Waals surface area contributed by atoms with Gasteiger partial charge in [-0.1, -0.05) is 24.3 Å². The van der Waals surface area contributed by atoms with Crippen LogP contribution in [0.15, 0.2) is 58.3 Å². The molecule has 29 heterocycles. The summed E-state index contributed by atoms with van der Waals surface area (Å²) in [4.78, 5) is -1.02. The number of ether oxygens (including phenoxy) is 13. The lowest BCUT2D eigenvalue weighted by Crippen LogP contribution is -2.68. The summed E-state index contributed by atoms with van der Waals surface area (Å²) < 4.78 is 143. The van der Waals surface area contributed by atoms with Gasteiger partial charge in [-0.05, 0) is 41.8 Å². The zero-order valence-corrected chi connectivity index (χ0v) is 51.2. The molecule has 31 rings (SSSR count). The van der Waals surface area contributed by atoms with Crippen LogP contribution in [0, 0.1) is 5.92 Å². The predicted molar refractivity (Wildman–Crippen MR) is 296 cm³/mol. The Morgan fingerprint density at radius 3 is 0.884 bits per heavy atom. The molecule has 29 aliphatic heterocycles. The average molecular weight is 1410 g/mol. The number of hydrogen-bond donors (Lipinski definition) is 19. The topological polar surface area (TPSA) is 591 Å². The molecule has 40 heteroatoms. The Morgan fingerprint density at radius 2 is 0.547 bits per heavy atom. The first-order valence-corrected chi connectivity index (χ1v) is 33.0. The zero-order valence-electron chi connectivity index (χ0n) is 49.6. The molecular formula is C55H78O38S2. The summed E-state index contributed by atoms with van der Waals surface area (Å²) in [6, 6.07) is 9.57. The van der Waals surface area contributed by atoms with Gasteiger partial charge in [-0.3, -0.25) is 8.37 Å². The van der Waals surface area contributed by atoms with E-state index in [9.17, 15) is 114 Å². The molecule has 19 N–H and O–H groups in total. The Bertz CT molecular complexity index is 3060. The Labute approximate surface area is 539 Å². The monoisotopic (exact) mass is 1410 g/mol. The van der Waals surface area contributed by atoms with Crippen molar-refractivity contribution in [2.45, 2.75) is 225 Å². The quantitative estimate of drug-likeness (QED) is 0.124. The van der Waals surface area contributed by atoms with Crippen molar-refractivity contribution in [3.63, 3.8) is 0 Å². The van der Waals surface area contributed by atoms with Gasteiger partial charge in [-0.2, -0.15) is 16.8 Å². The number of aliphatic hydroxyl groups is 19. The second kappa shape index (κ2) is 29.9. The Kier molecular flexibility index (Phi) is 23.0. The highest BCUT2D eigenvalue weighted by atomic mass is 32.2. The van der Waals surface area contributed by atoms with Crippen LogP contribution < -0.4 is 0 Å². The van der Waals surface area contributed by atoms with Crippen molar-refractivity contribution in [3.8, 4) is 11.1 Å². The lowest BCUT2D eigenvalue weighted by molar-refractivity contribution is -0.396. The smallest absolute Gasteiger partial charge is 0.297 e. The third-order valence-electron chi connectivity index (χ3n) is 18.4. The fourth-order valence-electron chi connectivity index (χ4n) is 13.0. The van der Waals surface area contributed by atoms with Crippen LogP contribution in [-0.4, -0.2) is 369 Å². The van der Waals surface area contributed by atoms with E-state index >= 15 is 0 Å². The van der Waals surface area contributed by atoms with Gasteiger partial charge < -0.3 is 159 Å². The van der Waals surface area contributed by atoms with Crippen molar-refractivity contribution in [3.05, 3.63) is 48.5 Å². The molecule has 15 saturated heterocycles. The first-order chi connectivity index (χ1) is 45.1. The van der Waals surface area contributed by atoms with Crippen molar-refractivity contribution < 1.29 is 184 Å². The fraction of sp³-hybridized carbons (Fsp3) is 0.782. The van der Waals surface area contributed by atoms with Crippen LogP contribution >= 0.6 is 0 Å². The summed E-state index contributed by atoms with van der Waals surface area (Å²) in [5.41, 5.74) is 0.592. The maximum absolute atomic E-state index is 14.1. The van der Waals surface area contributed by atoms with E-state index < -0.39 is 297 Å². The van der Waals surface area contributed by atoms with Crippen LogP contribution in [0.3, 0.4) is 0 Å². The third kappa shape index (κ3) is 14.5. The van der Waals surface area contributed by atoms with Gasteiger partial charge in [0.1, 0.15) is 153 Å². The van der Waals surface area contributed by atoms with E-state index in [0.717, 1.165) is 24.3 Å². The average Bonchev–Trinajstić information content (AvgIpc) is 0.799. The normalized spacial score (nSPS) is 49.1. The molecule has 20 bridgehead atoms. The summed E-state index contributed by atoms with van der Waals surface area (Å²) >= 11 is 0. The lowest BCUT2D eigenvalue weighted by Gasteiger charge is -2.50. The van der Waals surface area contributed by atoms with E-state index in [4.69, 9.17) is 69.9 Å². The molecular weight excluding hydrogens is 1330 g/mol. The second-order valence-electron chi connectivity index (χ2n) is 24.3. The van der Waals surface area contributed by atoms with Crippen LogP contribution in [0.25, 0.3) is 11.1 Å². The molecule has 14 unspecified atom stereocenters. The van der Waals surface area contributed by atoms with Crippen LogP contribution in [0.1, 0.15) is 6.42 Å². The first-order valence-electron chi connectivity index (χ1n) is 30.2. The minimum Gasteiger partial charge on any atom is -0.394 e. The van der Waals surface area contributed by atoms with Gasteiger partial charge in [0.2, 0.25) is 0 Å². The van der Waals surface area contributed by atoms with Crippen molar-refractivity contribution in [2.75, 3.05) is 46.2 Å². The maximum Gasteiger partial charge on any atom is 0.297 e. The van der Waals surface area contributed by atoms with Gasteiger partial charge in [0.25, 0.3) is 20.2 Å². The van der Waals surface area contributed by atoms with E-state index in [0.29, 0.717) is 11.1 Å². The standard InChI is InChI=1S/C55H78O38S2/c56-10-23-44-32(63)31(62)22(81-23)9-21-28-15-79-94(75,76)19-5-1-17(2-6-19)18-3-7-20(8-4-18)95(77,78)80-16-29-49(37(68)43(74)55(87-29)92-48-27(14-60)84-53(41(72)35(48)66)90-46-25(12-58)82-51(88-44)39(70)34(46)65)93-54-42(73)36(67)47(26(13-59)85-54)91-52-40(71)33(64)45(24(11-57)83-52)89-50(86-28)38(69)30(21)61/h1-8,21-74H,9-16H2/t21-,22-,23+,24+,25+,26+,27+,28+,29+,30?,31?,32?,33?,34?,35?,36?,37?,38?,39?,40?,41?,42?,43?,44-,45-,46-,47-,48-,49-,50-,51-,52-,53-,54-,55-/m1/s1. The van der Waals surface area contributed by atoms with Gasteiger partial charge in [0.15, 0.2) is 37.7 Å². The summed E-state index contributed by atoms with van der Waals surface area (Å²) in [5, 5.41) is 217.